The highest BCUT2D eigenvalue weighted by molar-refractivity contribution is 6.12. The molecule has 11 rings (SSSR count). The standard InChI is InChI=1S/C59H44N6/c1-41-17-15-27-49(37-41)63(46-23-11-5-12-24-46)51-33-35-55-53(39-51)54-40-52(64(47-25-13-6-14-26-47)50-28-16-18-42(2)38-50)34-36-56(54)65(55)48-31-29-45(30-32-48)59-61-57(43-19-7-3-8-20-43)60-58(62-59)44-21-9-4-10-22-44/h3-40H,1-2H3. The van der Waals surface area contributed by atoms with Gasteiger partial charge in [-0.2, -0.15) is 0 Å². The van der Waals surface area contributed by atoms with Gasteiger partial charge in [-0.15, -0.1) is 0 Å². The number of aromatic nitrogens is 4. The molecule has 11 aromatic rings. The fourth-order valence-corrected chi connectivity index (χ4v) is 8.84. The summed E-state index contributed by atoms with van der Waals surface area (Å²) in [5, 5.41) is 2.29. The minimum absolute atomic E-state index is 0.620. The maximum absolute atomic E-state index is 5.02. The first-order chi connectivity index (χ1) is 32.0. The van der Waals surface area contributed by atoms with E-state index in [1.54, 1.807) is 0 Å². The van der Waals surface area contributed by atoms with Crippen molar-refractivity contribution in [3.05, 3.63) is 242 Å². The number of aryl methyl sites for hydroxylation is 2. The van der Waals surface area contributed by atoms with Gasteiger partial charge in [-0.25, -0.2) is 15.0 Å². The van der Waals surface area contributed by atoms with Gasteiger partial charge in [-0.3, -0.25) is 0 Å². The summed E-state index contributed by atoms with van der Waals surface area (Å²) in [6.07, 6.45) is 0. The van der Waals surface area contributed by atoms with Gasteiger partial charge in [0.2, 0.25) is 0 Å². The predicted octanol–water partition coefficient (Wildman–Crippen LogP) is 15.5. The summed E-state index contributed by atoms with van der Waals surface area (Å²) >= 11 is 0. The molecule has 65 heavy (non-hydrogen) atoms. The monoisotopic (exact) mass is 836 g/mol. The number of benzene rings is 9. The molecule has 2 heterocycles. The second-order valence-corrected chi connectivity index (χ2v) is 16.3. The average Bonchev–Trinajstić information content (AvgIpc) is 3.68. The molecular weight excluding hydrogens is 793 g/mol. The third-order valence-corrected chi connectivity index (χ3v) is 11.9. The Morgan fingerprint density at radius 3 is 1.06 bits per heavy atom. The molecule has 0 radical (unpaired) electrons. The van der Waals surface area contributed by atoms with Crippen molar-refractivity contribution in [2.75, 3.05) is 9.80 Å². The van der Waals surface area contributed by atoms with Crippen molar-refractivity contribution in [1.29, 1.82) is 0 Å². The van der Waals surface area contributed by atoms with E-state index in [2.05, 4.69) is 198 Å². The average molecular weight is 837 g/mol. The minimum Gasteiger partial charge on any atom is -0.310 e. The molecule has 0 amide bonds. The third kappa shape index (κ3) is 7.68. The number of hydrogen-bond acceptors (Lipinski definition) is 5. The van der Waals surface area contributed by atoms with Crippen molar-refractivity contribution in [3.63, 3.8) is 0 Å². The molecule has 0 atom stereocenters. The fraction of sp³-hybridized carbons (Fsp3) is 0.0339. The van der Waals surface area contributed by atoms with E-state index in [0.717, 1.165) is 78.3 Å². The Balaban J connectivity index is 1.10. The van der Waals surface area contributed by atoms with Crippen LogP contribution in [0, 0.1) is 13.8 Å². The predicted molar refractivity (Wildman–Crippen MR) is 269 cm³/mol. The molecule has 9 aromatic carbocycles. The molecule has 0 unspecified atom stereocenters. The smallest absolute Gasteiger partial charge is 0.164 e. The maximum atomic E-state index is 5.02. The van der Waals surface area contributed by atoms with Gasteiger partial charge in [0.05, 0.1) is 11.0 Å². The quantitative estimate of drug-likeness (QED) is 0.137. The van der Waals surface area contributed by atoms with Crippen LogP contribution in [0.25, 0.3) is 61.7 Å². The lowest BCUT2D eigenvalue weighted by atomic mass is 10.1. The van der Waals surface area contributed by atoms with Crippen LogP contribution in [0.4, 0.5) is 34.1 Å². The van der Waals surface area contributed by atoms with E-state index >= 15 is 0 Å². The van der Waals surface area contributed by atoms with Crippen molar-refractivity contribution in [2.24, 2.45) is 0 Å². The molecule has 6 nitrogen and oxygen atoms in total. The van der Waals surface area contributed by atoms with Gasteiger partial charge in [0.15, 0.2) is 17.5 Å². The molecule has 0 saturated carbocycles. The highest BCUT2D eigenvalue weighted by atomic mass is 15.2. The molecule has 0 aliphatic carbocycles. The molecule has 0 N–H and O–H groups in total. The van der Waals surface area contributed by atoms with Crippen molar-refractivity contribution in [2.45, 2.75) is 13.8 Å². The van der Waals surface area contributed by atoms with E-state index in [1.165, 1.54) is 11.1 Å². The zero-order chi connectivity index (χ0) is 43.7. The molecule has 0 saturated heterocycles. The van der Waals surface area contributed by atoms with Crippen LogP contribution in [0.15, 0.2) is 231 Å². The fourth-order valence-electron chi connectivity index (χ4n) is 8.84. The molecule has 0 bridgehead atoms. The van der Waals surface area contributed by atoms with Crippen LogP contribution in [-0.4, -0.2) is 19.5 Å². The molecule has 310 valence electrons. The Kier molecular flexibility index (Phi) is 10.2. The number of para-hydroxylation sites is 2. The first-order valence-electron chi connectivity index (χ1n) is 21.9. The van der Waals surface area contributed by atoms with Crippen LogP contribution < -0.4 is 9.80 Å². The van der Waals surface area contributed by atoms with Gasteiger partial charge >= 0.3 is 0 Å². The van der Waals surface area contributed by atoms with Crippen LogP contribution in [-0.2, 0) is 0 Å². The lowest BCUT2D eigenvalue weighted by Crippen LogP contribution is -2.10. The zero-order valence-corrected chi connectivity index (χ0v) is 36.1. The van der Waals surface area contributed by atoms with Crippen molar-refractivity contribution < 1.29 is 0 Å². The van der Waals surface area contributed by atoms with Crippen LogP contribution >= 0.6 is 0 Å². The van der Waals surface area contributed by atoms with Crippen molar-refractivity contribution in [1.82, 2.24) is 19.5 Å². The Morgan fingerprint density at radius 1 is 0.308 bits per heavy atom. The molecule has 2 aromatic heterocycles. The summed E-state index contributed by atoms with van der Waals surface area (Å²) in [7, 11) is 0. The van der Waals surface area contributed by atoms with Crippen LogP contribution in [0.1, 0.15) is 11.1 Å². The summed E-state index contributed by atoms with van der Waals surface area (Å²) in [4.78, 5) is 19.6. The van der Waals surface area contributed by atoms with Gasteiger partial charge in [0.25, 0.3) is 0 Å². The number of rotatable bonds is 10. The van der Waals surface area contributed by atoms with E-state index in [9.17, 15) is 0 Å². The maximum Gasteiger partial charge on any atom is 0.164 e. The van der Waals surface area contributed by atoms with E-state index in [0.29, 0.717) is 17.5 Å². The normalized spacial score (nSPS) is 11.2. The summed E-state index contributed by atoms with van der Waals surface area (Å²) in [6, 6.07) is 81.2. The van der Waals surface area contributed by atoms with Crippen LogP contribution in [0.5, 0.6) is 0 Å². The number of hydrogen-bond donors (Lipinski definition) is 0. The Morgan fingerprint density at radius 2 is 0.662 bits per heavy atom. The lowest BCUT2D eigenvalue weighted by molar-refractivity contribution is 1.07. The van der Waals surface area contributed by atoms with Gasteiger partial charge in [-0.1, -0.05) is 121 Å². The third-order valence-electron chi connectivity index (χ3n) is 11.9. The van der Waals surface area contributed by atoms with Crippen LogP contribution in [0.2, 0.25) is 0 Å². The first kappa shape index (κ1) is 39.3. The van der Waals surface area contributed by atoms with Crippen molar-refractivity contribution >= 4 is 55.9 Å². The Hall–Kier alpha value is -8.61. The molecule has 6 heteroatoms. The van der Waals surface area contributed by atoms with E-state index < -0.39 is 0 Å². The molecule has 0 aliphatic rings. The molecule has 0 fully saturated rings. The lowest BCUT2D eigenvalue weighted by Gasteiger charge is -2.26. The second-order valence-electron chi connectivity index (χ2n) is 16.3. The van der Waals surface area contributed by atoms with Gasteiger partial charge in [0.1, 0.15) is 0 Å². The first-order valence-corrected chi connectivity index (χ1v) is 21.9. The highest BCUT2D eigenvalue weighted by Gasteiger charge is 2.21. The summed E-state index contributed by atoms with van der Waals surface area (Å²) < 4.78 is 2.37. The van der Waals surface area contributed by atoms with Gasteiger partial charge in [0, 0.05) is 67.3 Å². The largest absolute Gasteiger partial charge is 0.310 e. The van der Waals surface area contributed by atoms with Crippen molar-refractivity contribution in [3.8, 4) is 39.9 Å². The summed E-state index contributed by atoms with van der Waals surface area (Å²) in [5.74, 6) is 1.89. The Bertz CT molecular complexity index is 3240. The van der Waals surface area contributed by atoms with E-state index in [-0.39, 0.29) is 0 Å². The topological polar surface area (TPSA) is 50.1 Å². The second kappa shape index (κ2) is 16.9. The van der Waals surface area contributed by atoms with Gasteiger partial charge in [-0.05, 0) is 134 Å². The minimum atomic E-state index is 0.620. The highest BCUT2D eigenvalue weighted by Crippen LogP contribution is 2.43. The number of fused-ring (bicyclic) bond motifs is 3. The van der Waals surface area contributed by atoms with E-state index in [4.69, 9.17) is 15.0 Å². The Labute approximate surface area is 379 Å². The SMILES string of the molecule is Cc1cccc(N(c2ccccc2)c2ccc3c(c2)c2cc(N(c4ccccc4)c4cccc(C)c4)ccc2n3-c2ccc(-c3nc(-c4ccccc4)nc(-c4ccccc4)n3)cc2)c1. The number of nitrogens with zero attached hydrogens (tertiary/aromatic N) is 6. The van der Waals surface area contributed by atoms with Gasteiger partial charge < -0.3 is 14.4 Å². The zero-order valence-electron chi connectivity index (χ0n) is 36.1. The number of anilines is 6. The van der Waals surface area contributed by atoms with E-state index in [1.807, 2.05) is 60.7 Å². The summed E-state index contributed by atoms with van der Waals surface area (Å²) in [6.45, 7) is 4.29. The van der Waals surface area contributed by atoms with Crippen LogP contribution in [0.3, 0.4) is 0 Å². The summed E-state index contributed by atoms with van der Waals surface area (Å²) in [5.41, 5.74) is 15.0. The molecular formula is C59H44N6. The molecule has 0 spiro atoms. The molecule has 0 aliphatic heterocycles.